The zero-order chi connectivity index (χ0) is 45.6. The number of sulfonamides is 1. The second kappa shape index (κ2) is 17.6. The van der Waals surface area contributed by atoms with Gasteiger partial charge in [0.25, 0.3) is 18.3 Å². The van der Waals surface area contributed by atoms with E-state index in [1.165, 1.54) is 17.9 Å². The van der Waals surface area contributed by atoms with E-state index in [4.69, 9.17) is 25.8 Å². The lowest BCUT2D eigenvalue weighted by molar-refractivity contribution is -0.151. The average Bonchev–Trinajstić information content (AvgIpc) is 4.05. The quantitative estimate of drug-likeness (QED) is 0.114. The van der Waals surface area contributed by atoms with Crippen LogP contribution in [0.2, 0.25) is 5.02 Å². The fourth-order valence-electron chi connectivity index (χ4n) is 7.74. The maximum Gasteiger partial charge on any atom is 0.422 e. The summed E-state index contributed by atoms with van der Waals surface area (Å²) in [6.45, 7) is 6.62. The third-order valence-corrected chi connectivity index (χ3v) is 14.9. The van der Waals surface area contributed by atoms with Crippen LogP contribution < -0.4 is 30.4 Å². The summed E-state index contributed by atoms with van der Waals surface area (Å²) in [4.78, 5) is 61.9. The molecule has 342 valence electrons. The summed E-state index contributed by atoms with van der Waals surface area (Å²) >= 11 is 6.47. The van der Waals surface area contributed by atoms with Crippen molar-refractivity contribution in [1.29, 1.82) is 0 Å². The van der Waals surface area contributed by atoms with E-state index in [-0.39, 0.29) is 42.1 Å². The number of halogens is 5. The topological polar surface area (TPSA) is 194 Å². The molecule has 62 heavy (non-hydrogen) atoms. The molecule has 0 radical (unpaired) electrons. The van der Waals surface area contributed by atoms with Crippen molar-refractivity contribution in [3.8, 4) is 11.8 Å². The lowest BCUT2D eigenvalue weighted by Crippen LogP contribution is -2.61. The van der Waals surface area contributed by atoms with E-state index in [1.807, 2.05) is 13.0 Å². The first kappa shape index (κ1) is 47.1. The van der Waals surface area contributed by atoms with Crippen molar-refractivity contribution in [3.63, 3.8) is 0 Å². The van der Waals surface area contributed by atoms with E-state index < -0.39 is 98.7 Å². The van der Waals surface area contributed by atoms with Crippen LogP contribution in [0.25, 0.3) is 10.8 Å². The van der Waals surface area contributed by atoms with Gasteiger partial charge in [0, 0.05) is 41.1 Å². The van der Waals surface area contributed by atoms with Crippen molar-refractivity contribution >= 4 is 56.2 Å². The van der Waals surface area contributed by atoms with Crippen molar-refractivity contribution in [1.82, 2.24) is 30.8 Å². The maximum absolute atomic E-state index is 14.9. The van der Waals surface area contributed by atoms with E-state index in [9.17, 15) is 45.2 Å². The molecule has 1 aromatic heterocycles. The third-order valence-electron chi connectivity index (χ3n) is 12.4. The number of rotatable bonds is 12. The van der Waals surface area contributed by atoms with Crippen LogP contribution in [0.1, 0.15) is 86.5 Å². The minimum Gasteiger partial charge on any atom is -0.472 e. The van der Waals surface area contributed by atoms with Gasteiger partial charge in [-0.15, -0.1) is 0 Å². The number of carbonyl (C=O) groups excluding carboxylic acids is 4. The van der Waals surface area contributed by atoms with Crippen molar-refractivity contribution in [3.05, 3.63) is 41.4 Å². The molecule has 1 saturated heterocycles. The number of aromatic nitrogens is 1. The van der Waals surface area contributed by atoms with Crippen LogP contribution in [0.4, 0.5) is 22.4 Å². The Morgan fingerprint density at radius 2 is 1.82 bits per heavy atom. The Hall–Kier alpha value is -4.43. The molecule has 1 aromatic carbocycles. The first-order valence-electron chi connectivity index (χ1n) is 20.5. The number of carbonyl (C=O) groups is 4. The van der Waals surface area contributed by atoms with Crippen LogP contribution in [0.15, 0.2) is 36.4 Å². The molecule has 4 amide bonds. The lowest BCUT2D eigenvalue weighted by atomic mass is 9.88. The van der Waals surface area contributed by atoms with Gasteiger partial charge >= 0.3 is 6.09 Å². The zero-order valence-corrected chi connectivity index (χ0v) is 36.8. The molecular formula is C41H53ClF4N6O9S. The molecule has 2 saturated carbocycles. The smallest absolute Gasteiger partial charge is 0.422 e. The summed E-state index contributed by atoms with van der Waals surface area (Å²) < 4.78 is 98.9. The second-order valence-electron chi connectivity index (χ2n) is 17.8. The van der Waals surface area contributed by atoms with Gasteiger partial charge in [-0.2, -0.15) is 4.98 Å². The van der Waals surface area contributed by atoms with Crippen LogP contribution in [-0.2, 0) is 29.1 Å². The number of pyridine rings is 1. The first-order valence-corrected chi connectivity index (χ1v) is 22.4. The Balaban J connectivity index is 1.35. The molecule has 0 bridgehead atoms. The number of allylic oxidation sites excluding steroid dienone is 1. The zero-order valence-electron chi connectivity index (χ0n) is 35.2. The fourth-order valence-corrected chi connectivity index (χ4v) is 9.28. The molecule has 21 heteroatoms. The van der Waals surface area contributed by atoms with Crippen LogP contribution in [0.3, 0.4) is 0 Å². The van der Waals surface area contributed by atoms with Crippen molar-refractivity contribution in [2.45, 2.75) is 133 Å². The molecule has 4 aliphatic rings. The van der Waals surface area contributed by atoms with E-state index in [2.05, 4.69) is 25.9 Å². The van der Waals surface area contributed by atoms with Gasteiger partial charge in [-0.25, -0.2) is 36.2 Å². The van der Waals surface area contributed by atoms with Crippen molar-refractivity contribution in [2.24, 2.45) is 17.8 Å². The standard InChI is InChI=1S/C41H53ClF4N6O9S/c1-22-10-7-8-11-24-19-41(24,36(55)51-62(57,58)39(5)14-15-39)48-33(53)29-17-25(60-34-26-12-9-13-28(42)27(26)18-31(47-34)59-21-30(43)44)20-52(29)35(54)32(23(2)16-22)49-50-37(56)61-38(3,4)40(6,45)46/h8-9,11-13,18,22-25,29-30,32,49H,7,10,14-17,19-21H2,1-6H3,(H,48,53)(H,50,56)(H,51,55)/b11-8-/t22-,23+,24+,25+,29-,32-,41+/m0/s1. The third kappa shape index (κ3) is 10.2. The number of hydrogen-bond donors (Lipinski definition) is 4. The number of nitrogens with zero attached hydrogens (tertiary/aromatic N) is 2. The predicted molar refractivity (Wildman–Crippen MR) is 219 cm³/mol. The Morgan fingerprint density at radius 3 is 2.48 bits per heavy atom. The summed E-state index contributed by atoms with van der Waals surface area (Å²) in [6, 6.07) is 3.53. The van der Waals surface area contributed by atoms with Crippen molar-refractivity contribution < 1.29 is 59.4 Å². The molecule has 3 fully saturated rings. The maximum atomic E-state index is 14.9. The summed E-state index contributed by atoms with van der Waals surface area (Å²) in [7, 11) is -4.11. The second-order valence-corrected chi connectivity index (χ2v) is 20.4. The van der Waals surface area contributed by atoms with Gasteiger partial charge in [-0.05, 0) is 83.3 Å². The van der Waals surface area contributed by atoms with Gasteiger partial charge in [0.2, 0.25) is 33.6 Å². The normalized spacial score (nSPS) is 28.4. The molecule has 7 atom stereocenters. The minimum atomic E-state index is -4.11. The molecular weight excluding hydrogens is 864 g/mol. The molecule has 2 aromatic rings. The Labute approximate surface area is 362 Å². The highest BCUT2D eigenvalue weighted by molar-refractivity contribution is 7.91. The predicted octanol–water partition coefficient (Wildman–Crippen LogP) is 5.80. The molecule has 2 aliphatic heterocycles. The van der Waals surface area contributed by atoms with E-state index >= 15 is 0 Å². The Kier molecular flexibility index (Phi) is 13.4. The molecule has 0 unspecified atom stereocenters. The van der Waals surface area contributed by atoms with Gasteiger partial charge in [0.15, 0.2) is 12.2 Å². The molecule has 15 nitrogen and oxygen atoms in total. The van der Waals surface area contributed by atoms with Crippen LogP contribution in [0.5, 0.6) is 11.8 Å². The minimum absolute atomic E-state index is 0.00538. The van der Waals surface area contributed by atoms with Crippen LogP contribution in [-0.4, -0.2) is 102 Å². The summed E-state index contributed by atoms with van der Waals surface area (Å²) in [5, 5.41) is 3.73. The number of amides is 4. The van der Waals surface area contributed by atoms with Crippen LogP contribution >= 0.6 is 11.6 Å². The van der Waals surface area contributed by atoms with Gasteiger partial charge in [-0.1, -0.05) is 43.7 Å². The number of nitrogens with one attached hydrogen (secondary N) is 4. The largest absolute Gasteiger partial charge is 0.472 e. The summed E-state index contributed by atoms with van der Waals surface area (Å²) in [6.07, 6.45) is 0.710. The fraction of sp³-hybridized carbons (Fsp3) is 0.634. The molecule has 6 rings (SSSR count). The molecule has 0 spiro atoms. The molecule has 2 aliphatic carbocycles. The van der Waals surface area contributed by atoms with Gasteiger partial charge in [-0.3, -0.25) is 24.5 Å². The first-order chi connectivity index (χ1) is 28.9. The number of alkyl halides is 4. The highest BCUT2D eigenvalue weighted by atomic mass is 35.5. The number of ether oxygens (including phenoxy) is 3. The summed E-state index contributed by atoms with van der Waals surface area (Å²) in [5.41, 5.74) is 0.988. The highest BCUT2D eigenvalue weighted by Gasteiger charge is 2.63. The summed E-state index contributed by atoms with van der Waals surface area (Å²) in [5.74, 6) is -7.34. The van der Waals surface area contributed by atoms with Gasteiger partial charge in [0.1, 0.15) is 23.7 Å². The number of hydrazine groups is 1. The Morgan fingerprint density at radius 1 is 1.11 bits per heavy atom. The SMILES string of the molecule is C[C@H]1CC/C=C\[C@@H]2C[C@@]2(C(=O)NS(=O)(=O)C2(C)CC2)NC(=O)[C@@H]2C[C@@H](Oc3nc(OCC(F)F)cc4c(Cl)cccc34)CN2C(=O)[C@@H](NNC(=O)OC(C)(C)C(C)(F)F)[C@H](C)C1. The lowest BCUT2D eigenvalue weighted by Gasteiger charge is -2.34. The van der Waals surface area contributed by atoms with E-state index in [0.717, 1.165) is 13.8 Å². The highest BCUT2D eigenvalue weighted by Crippen LogP contribution is 2.48. The molecule has 4 N–H and O–H groups in total. The van der Waals surface area contributed by atoms with Crippen molar-refractivity contribution in [2.75, 3.05) is 13.2 Å². The van der Waals surface area contributed by atoms with E-state index in [1.54, 1.807) is 31.2 Å². The average molecular weight is 917 g/mol. The van der Waals surface area contributed by atoms with Gasteiger partial charge < -0.3 is 24.4 Å². The van der Waals surface area contributed by atoms with E-state index in [0.29, 0.717) is 49.8 Å². The van der Waals surface area contributed by atoms with Crippen LogP contribution in [0, 0.1) is 17.8 Å². The molecule has 3 heterocycles. The Bertz CT molecular complexity index is 2210. The van der Waals surface area contributed by atoms with Gasteiger partial charge in [0.05, 0.1) is 11.3 Å². The number of benzene rings is 1. The number of hydrogen-bond acceptors (Lipinski definition) is 11. The number of fused-ring (bicyclic) bond motifs is 3. The monoisotopic (exact) mass is 916 g/mol.